The molecule has 0 aliphatic rings. The first-order valence-corrected chi connectivity index (χ1v) is 21.0. The second kappa shape index (κ2) is 21.8. The first-order valence-electron chi connectivity index (χ1n) is 15.8. The molecule has 0 radical (unpaired) electrons. The molecule has 0 aromatic heterocycles. The Morgan fingerprint density at radius 2 is 1.03 bits per heavy atom. The van der Waals surface area contributed by atoms with E-state index < -0.39 is 175 Å². The van der Waals surface area contributed by atoms with Gasteiger partial charge in [0.05, 0.1) is 52.2 Å². The molecule has 33 heteroatoms. The largest absolute Gasteiger partial charge is 0.460 e. The van der Waals surface area contributed by atoms with Gasteiger partial charge in [-0.1, -0.05) is 25.2 Å². The fourth-order valence-electron chi connectivity index (χ4n) is 4.04. The number of carbonyl (C=O) groups is 2. The Balaban J connectivity index is 6.23. The first-order chi connectivity index (χ1) is 27.0. The Morgan fingerprint density at radius 1 is 0.623 bits per heavy atom. The summed E-state index contributed by atoms with van der Waals surface area (Å²) in [5.41, 5.74) is 0. The molecule has 7 unspecified atom stereocenters. The minimum absolute atomic E-state index is 0.0569. The summed E-state index contributed by atoms with van der Waals surface area (Å²) in [6.07, 6.45) is -26.5. The van der Waals surface area contributed by atoms with Gasteiger partial charge in [-0.2, -0.15) is 83.1 Å². The van der Waals surface area contributed by atoms with Gasteiger partial charge in [-0.3, -0.25) is 14.1 Å². The first kappa shape index (κ1) is 59.7. The van der Waals surface area contributed by atoms with Crippen molar-refractivity contribution >= 4 is 69.9 Å². The Bertz CT molecular complexity index is 1560. The summed E-state index contributed by atoms with van der Waals surface area (Å²) >= 11 is -2.77. The fourth-order valence-corrected chi connectivity index (χ4v) is 6.75. The maximum Gasteiger partial charge on any atom is 0.459 e. The number of halogens is 21. The minimum Gasteiger partial charge on any atom is -0.460 e. The van der Waals surface area contributed by atoms with E-state index in [9.17, 15) is 106 Å². The Hall–Kier alpha value is -1.31. The summed E-state index contributed by atoms with van der Waals surface area (Å²) in [7, 11) is -5.87. The highest BCUT2D eigenvalue weighted by atomic mass is 127. The summed E-state index contributed by atoms with van der Waals surface area (Å²) in [4.78, 5) is 25.7. The maximum absolute atomic E-state index is 14.6. The zero-order valence-electron chi connectivity index (χ0n) is 30.6. The summed E-state index contributed by atoms with van der Waals surface area (Å²) in [5, 5.41) is -3.05. The molecule has 0 aromatic rings. The van der Waals surface area contributed by atoms with E-state index in [0.29, 0.717) is 0 Å². The number of hydrogen-bond donors (Lipinski definition) is 1. The molecule has 0 saturated heterocycles. The molecule has 0 bridgehead atoms. The van der Waals surface area contributed by atoms with Crippen molar-refractivity contribution in [1.29, 1.82) is 0 Å². The molecule has 11 nitrogen and oxygen atoms in total. The third-order valence-corrected chi connectivity index (χ3v) is 11.6. The van der Waals surface area contributed by atoms with Crippen molar-refractivity contribution in [2.75, 3.05) is 46.2 Å². The lowest BCUT2D eigenvalue weighted by atomic mass is 10.0. The Kier molecular flexibility index (Phi) is 21.3. The quantitative estimate of drug-likeness (QED) is 0.0296. The lowest BCUT2D eigenvalue weighted by Crippen LogP contribution is -2.54. The van der Waals surface area contributed by atoms with Crippen molar-refractivity contribution in [3.63, 3.8) is 0 Å². The van der Waals surface area contributed by atoms with Crippen molar-refractivity contribution < 1.29 is 134 Å². The highest BCUT2D eigenvalue weighted by Gasteiger charge is 2.74. The van der Waals surface area contributed by atoms with Crippen LogP contribution in [-0.2, 0) is 48.1 Å². The number of rotatable bonds is 26. The van der Waals surface area contributed by atoms with Crippen molar-refractivity contribution in [2.45, 2.75) is 100 Å². The van der Waals surface area contributed by atoms with Crippen LogP contribution in [0, 0.1) is 5.92 Å². The predicted molar refractivity (Wildman–Crippen MR) is 183 cm³/mol. The average Bonchev–Trinajstić information content (AvgIpc) is 3.04. The van der Waals surface area contributed by atoms with E-state index in [1.807, 2.05) is 0 Å². The summed E-state index contributed by atoms with van der Waals surface area (Å²) in [6, 6.07) is 0. The predicted octanol–water partition coefficient (Wildman–Crippen LogP) is 7.96. The summed E-state index contributed by atoms with van der Waals surface area (Å²) in [6.45, 7) is -9.29. The van der Waals surface area contributed by atoms with Gasteiger partial charge in [0, 0.05) is 5.92 Å². The highest BCUT2D eigenvalue weighted by Crippen LogP contribution is 2.51. The molecule has 0 fully saturated rings. The van der Waals surface area contributed by atoms with Crippen LogP contribution in [0.4, 0.5) is 83.4 Å². The standard InChI is InChI=1S/C28H33F19I2O11S/c1-13(6-57-12-22(32,49-4)25(37,38)28(45,46)47)58-9-16(5-17(50)59-14(2)7-55-10-20(29,30)23(33,34)26(39,40)41)18(61(52,53)54)19(51)60-15(3)8-56-11-21(31,48)24(35,36)27(42,43)44/h13-16,18H,4-12H2,1-3H3,(H,52,53,54). The highest BCUT2D eigenvalue weighted by molar-refractivity contribution is 14.2. The van der Waals surface area contributed by atoms with Gasteiger partial charge in [0.15, 0.2) is 5.25 Å². The SMILES string of the molecule is C=IC(F)(COCC(C)OCC(CC(=O)OC(C)COCC(F)(F)C(F)(F)C(F)(F)F)C(C(=O)OC(C)COCC(F)(I)C(F)(F)C(F)(F)F)S(=O)(=O)O)C(F)(F)C(F)(F)F. The fraction of sp³-hybridized carbons (Fsp3) is 0.893. The van der Waals surface area contributed by atoms with E-state index in [1.54, 1.807) is 0 Å². The molecule has 364 valence electrons. The van der Waals surface area contributed by atoms with Crippen LogP contribution >= 0.6 is 43.3 Å². The number of hydrogen-bond acceptors (Lipinski definition) is 10. The molecule has 1 N–H and O–H groups in total. The molecule has 61 heavy (non-hydrogen) atoms. The smallest absolute Gasteiger partial charge is 0.459 e. The van der Waals surface area contributed by atoms with Crippen LogP contribution in [0.25, 0.3) is 0 Å². The zero-order chi connectivity index (χ0) is 48.6. The van der Waals surface area contributed by atoms with Gasteiger partial charge in [0.2, 0.25) is 0 Å². The molecular weight excluding hydrogens is 1160 g/mol. The Morgan fingerprint density at radius 3 is 1.46 bits per heavy atom. The normalized spacial score (nSPS) is 18.6. The van der Waals surface area contributed by atoms with E-state index in [-0.39, 0.29) is 22.6 Å². The number of alkyl halides is 21. The maximum atomic E-state index is 14.6. The van der Waals surface area contributed by atoms with E-state index in [1.165, 1.54) is 0 Å². The monoisotopic (exact) mass is 1190 g/mol. The van der Waals surface area contributed by atoms with E-state index >= 15 is 0 Å². The van der Waals surface area contributed by atoms with Gasteiger partial charge in [-0.25, -0.2) is 8.78 Å². The molecule has 0 rings (SSSR count). The van der Waals surface area contributed by atoms with Crippen LogP contribution in [0.5, 0.6) is 0 Å². The molecule has 0 aliphatic carbocycles. The number of ether oxygens (including phenoxy) is 6. The lowest BCUT2D eigenvalue weighted by Gasteiger charge is -2.31. The van der Waals surface area contributed by atoms with Crippen molar-refractivity contribution in [2.24, 2.45) is 5.92 Å². The van der Waals surface area contributed by atoms with Gasteiger partial charge >= 0.3 is 54.2 Å². The molecule has 0 amide bonds. The second-order valence-electron chi connectivity index (χ2n) is 12.6. The second-order valence-corrected chi connectivity index (χ2v) is 18.3. The molecular formula is C28H33F19I2O11S. The van der Waals surface area contributed by atoms with Crippen LogP contribution in [0.2, 0.25) is 0 Å². The summed E-state index contributed by atoms with van der Waals surface area (Å²) < 4.78 is 306. The van der Waals surface area contributed by atoms with Gasteiger partial charge in [-0.15, -0.1) is 0 Å². The third-order valence-electron chi connectivity index (χ3n) is 7.22. The van der Waals surface area contributed by atoms with Gasteiger partial charge < -0.3 is 28.4 Å². The van der Waals surface area contributed by atoms with Crippen LogP contribution < -0.4 is 0 Å². The lowest BCUT2D eigenvalue weighted by molar-refractivity contribution is -0.361. The molecule has 0 heterocycles. The molecule has 0 spiro atoms. The summed E-state index contributed by atoms with van der Waals surface area (Å²) in [5.74, 6) is -30.6. The van der Waals surface area contributed by atoms with Gasteiger partial charge in [-0.05, 0) is 43.4 Å². The van der Waals surface area contributed by atoms with Crippen molar-refractivity contribution in [1.82, 2.24) is 0 Å². The van der Waals surface area contributed by atoms with Crippen LogP contribution in [0.15, 0.2) is 0 Å². The van der Waals surface area contributed by atoms with E-state index in [4.69, 9.17) is 4.74 Å². The number of carbonyl (C=O) groups excluding carboxylic acids is 2. The van der Waals surface area contributed by atoms with Crippen molar-refractivity contribution in [3.8, 4) is 0 Å². The topological polar surface area (TPSA) is 144 Å². The Labute approximate surface area is 355 Å². The molecule has 0 saturated carbocycles. The molecule has 0 aromatic carbocycles. The minimum atomic E-state index is -6.74. The van der Waals surface area contributed by atoms with E-state index in [0.717, 1.165) is 20.8 Å². The zero-order valence-corrected chi connectivity index (χ0v) is 35.8. The van der Waals surface area contributed by atoms with Crippen LogP contribution in [-0.4, -0.2) is 149 Å². The van der Waals surface area contributed by atoms with Crippen molar-refractivity contribution in [3.05, 3.63) is 0 Å². The van der Waals surface area contributed by atoms with E-state index in [2.05, 4.69) is 28.2 Å². The van der Waals surface area contributed by atoms with Crippen LogP contribution in [0.1, 0.15) is 27.2 Å². The average molecular weight is 1190 g/mol. The molecule has 0 aliphatic heterocycles. The number of esters is 2. The van der Waals surface area contributed by atoms with Gasteiger partial charge in [0.1, 0.15) is 18.8 Å². The van der Waals surface area contributed by atoms with Crippen LogP contribution in [0.3, 0.4) is 0 Å². The molecule has 7 atom stereocenters. The third kappa shape index (κ3) is 16.3. The van der Waals surface area contributed by atoms with Gasteiger partial charge in [0.25, 0.3) is 17.5 Å².